The fraction of sp³-hybridized carbons (Fsp3) is 0.300. The lowest BCUT2D eigenvalue weighted by atomic mass is 10.00. The molecule has 1 fully saturated rings. The monoisotopic (exact) mass is 344 g/mol. The van der Waals surface area contributed by atoms with Crippen molar-refractivity contribution in [3.63, 3.8) is 0 Å². The van der Waals surface area contributed by atoms with E-state index in [-0.39, 0.29) is 0 Å². The molecule has 0 saturated carbocycles. The maximum absolute atomic E-state index is 4.93. The Balaban J connectivity index is 1.73. The van der Waals surface area contributed by atoms with Crippen LogP contribution >= 0.6 is 0 Å². The van der Waals surface area contributed by atoms with Gasteiger partial charge in [-0.05, 0) is 43.0 Å². The number of para-hydroxylation sites is 1. The van der Waals surface area contributed by atoms with Crippen LogP contribution in [-0.4, -0.2) is 37.7 Å². The number of rotatable bonds is 2. The smallest absolute Gasteiger partial charge is 0.229 e. The molecule has 1 aromatic carbocycles. The minimum atomic E-state index is 0.683. The molecule has 130 valence electrons. The van der Waals surface area contributed by atoms with Crippen molar-refractivity contribution in [2.45, 2.75) is 19.8 Å². The zero-order chi connectivity index (χ0) is 17.5. The average molecular weight is 344 g/mol. The maximum atomic E-state index is 4.93. The molecule has 3 aromatic heterocycles. The van der Waals surface area contributed by atoms with Crippen LogP contribution in [0.25, 0.3) is 27.9 Å². The van der Waals surface area contributed by atoms with E-state index in [1.54, 1.807) is 12.4 Å². The number of anilines is 1. The standard InChI is InChI=1S/C20H20N6/c1-14-8-11-25(12-9-14)20-22-17-7-3-2-6-16(17)19-23-18(24-26(19)20)15-5-4-10-21-13-15/h2-7,10,13-14H,8-9,11-12H2,1H3. The van der Waals surface area contributed by atoms with Crippen molar-refractivity contribution in [1.29, 1.82) is 0 Å². The first kappa shape index (κ1) is 15.3. The van der Waals surface area contributed by atoms with Crippen molar-refractivity contribution in [3.05, 3.63) is 48.8 Å². The predicted octanol–water partition coefficient (Wildman–Crippen LogP) is 3.58. The van der Waals surface area contributed by atoms with E-state index in [2.05, 4.69) is 22.9 Å². The lowest BCUT2D eigenvalue weighted by Crippen LogP contribution is -2.35. The highest BCUT2D eigenvalue weighted by atomic mass is 15.4. The van der Waals surface area contributed by atoms with Crippen LogP contribution in [0.15, 0.2) is 48.8 Å². The van der Waals surface area contributed by atoms with Crippen LogP contribution in [0, 0.1) is 5.92 Å². The zero-order valence-electron chi connectivity index (χ0n) is 14.7. The minimum absolute atomic E-state index is 0.683. The number of nitrogens with zero attached hydrogens (tertiary/aromatic N) is 6. The normalized spacial score (nSPS) is 15.8. The SMILES string of the molecule is CC1CCN(c2nc3ccccc3c3nc(-c4cccnc4)nn23)CC1. The van der Waals surface area contributed by atoms with Crippen LogP contribution in [0.4, 0.5) is 5.95 Å². The van der Waals surface area contributed by atoms with E-state index < -0.39 is 0 Å². The van der Waals surface area contributed by atoms with E-state index in [0.717, 1.165) is 47.1 Å². The van der Waals surface area contributed by atoms with Crippen molar-refractivity contribution in [3.8, 4) is 11.4 Å². The van der Waals surface area contributed by atoms with Gasteiger partial charge in [0.05, 0.1) is 5.52 Å². The zero-order valence-corrected chi connectivity index (χ0v) is 14.7. The van der Waals surface area contributed by atoms with Crippen molar-refractivity contribution in [2.24, 2.45) is 5.92 Å². The summed E-state index contributed by atoms with van der Waals surface area (Å²) in [4.78, 5) is 16.3. The Labute approximate surface area is 151 Å². The number of pyridine rings is 1. The van der Waals surface area contributed by atoms with Crippen molar-refractivity contribution >= 4 is 22.5 Å². The van der Waals surface area contributed by atoms with Crippen molar-refractivity contribution in [2.75, 3.05) is 18.0 Å². The maximum Gasteiger partial charge on any atom is 0.229 e. The Morgan fingerprint density at radius 3 is 2.65 bits per heavy atom. The molecular weight excluding hydrogens is 324 g/mol. The number of piperidine rings is 1. The van der Waals surface area contributed by atoms with Gasteiger partial charge in [-0.15, -0.1) is 5.10 Å². The summed E-state index contributed by atoms with van der Waals surface area (Å²) in [5.74, 6) is 2.33. The molecule has 1 aliphatic rings. The molecular formula is C20H20N6. The fourth-order valence-electron chi connectivity index (χ4n) is 3.57. The molecule has 6 nitrogen and oxygen atoms in total. The topological polar surface area (TPSA) is 59.2 Å². The van der Waals surface area contributed by atoms with E-state index in [1.807, 2.05) is 34.8 Å². The Morgan fingerprint density at radius 1 is 1.00 bits per heavy atom. The molecule has 0 amide bonds. The predicted molar refractivity (Wildman–Crippen MR) is 102 cm³/mol. The second-order valence-electron chi connectivity index (χ2n) is 7.01. The van der Waals surface area contributed by atoms with Gasteiger partial charge in [0.15, 0.2) is 11.5 Å². The van der Waals surface area contributed by atoms with Gasteiger partial charge in [0, 0.05) is 36.4 Å². The number of benzene rings is 1. The van der Waals surface area contributed by atoms with Gasteiger partial charge in [-0.3, -0.25) is 4.98 Å². The molecule has 0 unspecified atom stereocenters. The third-order valence-electron chi connectivity index (χ3n) is 5.15. The summed E-state index contributed by atoms with van der Waals surface area (Å²) in [6.45, 7) is 4.32. The summed E-state index contributed by atoms with van der Waals surface area (Å²) in [5.41, 5.74) is 2.72. The molecule has 4 aromatic rings. The summed E-state index contributed by atoms with van der Waals surface area (Å²) in [7, 11) is 0. The van der Waals surface area contributed by atoms with E-state index in [4.69, 9.17) is 15.1 Å². The van der Waals surface area contributed by atoms with Gasteiger partial charge in [0.1, 0.15) is 0 Å². The number of aromatic nitrogens is 5. The molecule has 0 atom stereocenters. The molecule has 0 spiro atoms. The number of fused-ring (bicyclic) bond motifs is 3. The van der Waals surface area contributed by atoms with Gasteiger partial charge in [-0.2, -0.15) is 4.52 Å². The molecule has 0 radical (unpaired) electrons. The minimum Gasteiger partial charge on any atom is -0.341 e. The van der Waals surface area contributed by atoms with Crippen LogP contribution in [0.3, 0.4) is 0 Å². The van der Waals surface area contributed by atoms with Gasteiger partial charge in [0.25, 0.3) is 0 Å². The first-order valence-corrected chi connectivity index (χ1v) is 9.10. The van der Waals surface area contributed by atoms with E-state index >= 15 is 0 Å². The highest BCUT2D eigenvalue weighted by molar-refractivity contribution is 5.92. The molecule has 4 heterocycles. The summed E-state index contributed by atoms with van der Waals surface area (Å²) in [6, 6.07) is 12.0. The van der Waals surface area contributed by atoms with Crippen LogP contribution in [0.5, 0.6) is 0 Å². The first-order valence-electron chi connectivity index (χ1n) is 9.10. The van der Waals surface area contributed by atoms with E-state index in [9.17, 15) is 0 Å². The summed E-state index contributed by atoms with van der Waals surface area (Å²) < 4.78 is 1.90. The van der Waals surface area contributed by atoms with Gasteiger partial charge >= 0.3 is 0 Å². The Hall–Kier alpha value is -3.02. The second-order valence-corrected chi connectivity index (χ2v) is 7.01. The van der Waals surface area contributed by atoms with Gasteiger partial charge in [0.2, 0.25) is 5.95 Å². The first-order chi connectivity index (χ1) is 12.8. The molecule has 5 rings (SSSR count). The Bertz CT molecular complexity index is 1060. The van der Waals surface area contributed by atoms with Crippen LogP contribution in [0.1, 0.15) is 19.8 Å². The largest absolute Gasteiger partial charge is 0.341 e. The summed E-state index contributed by atoms with van der Waals surface area (Å²) in [5, 5.41) is 5.81. The van der Waals surface area contributed by atoms with Crippen molar-refractivity contribution < 1.29 is 0 Å². The number of hydrogen-bond donors (Lipinski definition) is 0. The molecule has 0 N–H and O–H groups in total. The lowest BCUT2D eigenvalue weighted by molar-refractivity contribution is 0.433. The van der Waals surface area contributed by atoms with Gasteiger partial charge < -0.3 is 4.90 Å². The second kappa shape index (κ2) is 6.05. The summed E-state index contributed by atoms with van der Waals surface area (Å²) >= 11 is 0. The molecule has 1 aliphatic heterocycles. The molecule has 0 bridgehead atoms. The average Bonchev–Trinajstić information content (AvgIpc) is 3.14. The molecule has 0 aliphatic carbocycles. The highest BCUT2D eigenvalue weighted by Gasteiger charge is 2.22. The molecule has 26 heavy (non-hydrogen) atoms. The van der Waals surface area contributed by atoms with Crippen LogP contribution in [0.2, 0.25) is 0 Å². The molecule has 1 saturated heterocycles. The third-order valence-corrected chi connectivity index (χ3v) is 5.15. The fourth-order valence-corrected chi connectivity index (χ4v) is 3.57. The number of hydrogen-bond acceptors (Lipinski definition) is 5. The molecule has 6 heteroatoms. The van der Waals surface area contributed by atoms with Gasteiger partial charge in [-0.1, -0.05) is 19.1 Å². The lowest BCUT2D eigenvalue weighted by Gasteiger charge is -2.31. The highest BCUT2D eigenvalue weighted by Crippen LogP contribution is 2.27. The third kappa shape index (κ3) is 2.49. The van der Waals surface area contributed by atoms with E-state index in [1.165, 1.54) is 12.8 Å². The Morgan fingerprint density at radius 2 is 1.85 bits per heavy atom. The van der Waals surface area contributed by atoms with Crippen molar-refractivity contribution in [1.82, 2.24) is 24.6 Å². The quantitative estimate of drug-likeness (QED) is 0.556. The van der Waals surface area contributed by atoms with Crippen LogP contribution in [-0.2, 0) is 0 Å². The summed E-state index contributed by atoms with van der Waals surface area (Å²) in [6.07, 6.45) is 5.92. The van der Waals surface area contributed by atoms with Gasteiger partial charge in [-0.25, -0.2) is 9.97 Å². The van der Waals surface area contributed by atoms with Crippen LogP contribution < -0.4 is 4.90 Å². The Kier molecular flexibility index (Phi) is 3.55. The van der Waals surface area contributed by atoms with E-state index in [0.29, 0.717) is 5.82 Å².